The number of hydrogen-bond acceptors (Lipinski definition) is 1. The lowest BCUT2D eigenvalue weighted by atomic mass is 10.0. The first-order chi connectivity index (χ1) is 9.33. The Kier molecular flexibility index (Phi) is 3.86. The van der Waals surface area contributed by atoms with E-state index in [0.29, 0.717) is 0 Å². The van der Waals surface area contributed by atoms with Gasteiger partial charge in [-0.15, -0.1) is 0 Å². The van der Waals surface area contributed by atoms with Crippen molar-refractivity contribution >= 4 is 11.6 Å². The van der Waals surface area contributed by atoms with Crippen molar-refractivity contribution in [2.75, 3.05) is 13.1 Å². The highest BCUT2D eigenvalue weighted by Crippen LogP contribution is 2.28. The maximum absolute atomic E-state index is 6.26. The van der Waals surface area contributed by atoms with Crippen LogP contribution in [0.1, 0.15) is 18.4 Å². The lowest BCUT2D eigenvalue weighted by Gasteiger charge is -2.15. The average Bonchev–Trinajstić information content (AvgIpc) is 2.92. The summed E-state index contributed by atoms with van der Waals surface area (Å²) in [6.45, 7) is 3.46. The Bertz CT molecular complexity index is 559. The summed E-state index contributed by atoms with van der Waals surface area (Å²) in [6.07, 6.45) is 2.65. The van der Waals surface area contributed by atoms with Gasteiger partial charge in [0.25, 0.3) is 0 Å². The molecule has 0 bridgehead atoms. The highest BCUT2D eigenvalue weighted by Gasteiger charge is 2.12. The standard InChI is InChI=1S/C17H17ClN/c18-17-9-2-1-8-16(17)15-7-5-6-14(12-15)13-19-10-3-4-11-19/h1-2,6-9,12H,3-4,10-11,13H2. The largest absolute Gasteiger partial charge is 0.299 e. The lowest BCUT2D eigenvalue weighted by molar-refractivity contribution is 0.331. The molecule has 0 amide bonds. The molecule has 2 aromatic rings. The van der Waals surface area contributed by atoms with E-state index < -0.39 is 0 Å². The summed E-state index contributed by atoms with van der Waals surface area (Å²) in [4.78, 5) is 2.50. The molecule has 0 unspecified atom stereocenters. The molecule has 1 nitrogen and oxygen atoms in total. The first-order valence-corrected chi connectivity index (χ1v) is 7.18. The van der Waals surface area contributed by atoms with Gasteiger partial charge in [0.15, 0.2) is 0 Å². The third kappa shape index (κ3) is 2.99. The molecule has 0 saturated carbocycles. The van der Waals surface area contributed by atoms with Gasteiger partial charge in [-0.05, 0) is 67.4 Å². The molecule has 19 heavy (non-hydrogen) atoms. The minimum Gasteiger partial charge on any atom is -0.299 e. The minimum atomic E-state index is 0.800. The fourth-order valence-corrected chi connectivity index (χ4v) is 2.91. The van der Waals surface area contributed by atoms with Crippen molar-refractivity contribution in [2.45, 2.75) is 19.4 Å². The maximum atomic E-state index is 6.26. The Morgan fingerprint density at radius 1 is 1.11 bits per heavy atom. The van der Waals surface area contributed by atoms with Crippen LogP contribution in [0.5, 0.6) is 0 Å². The summed E-state index contributed by atoms with van der Waals surface area (Å²) in [5.41, 5.74) is 3.56. The second kappa shape index (κ2) is 5.77. The third-order valence-electron chi connectivity index (χ3n) is 3.64. The van der Waals surface area contributed by atoms with Gasteiger partial charge in [-0.3, -0.25) is 4.90 Å². The van der Waals surface area contributed by atoms with Crippen LogP contribution in [0, 0.1) is 6.07 Å². The predicted molar refractivity (Wildman–Crippen MR) is 80.2 cm³/mol. The Morgan fingerprint density at radius 3 is 2.68 bits per heavy atom. The fraction of sp³-hybridized carbons (Fsp3) is 0.294. The normalized spacial score (nSPS) is 15.8. The van der Waals surface area contributed by atoms with E-state index >= 15 is 0 Å². The zero-order valence-corrected chi connectivity index (χ0v) is 11.7. The van der Waals surface area contributed by atoms with E-state index in [1.807, 2.05) is 24.3 Å². The monoisotopic (exact) mass is 270 g/mol. The highest BCUT2D eigenvalue weighted by atomic mass is 35.5. The number of nitrogens with zero attached hydrogens (tertiary/aromatic N) is 1. The van der Waals surface area contributed by atoms with Crippen LogP contribution in [0.15, 0.2) is 42.5 Å². The van der Waals surface area contributed by atoms with E-state index in [9.17, 15) is 0 Å². The Balaban J connectivity index is 1.85. The minimum absolute atomic E-state index is 0.800. The van der Waals surface area contributed by atoms with Crippen molar-refractivity contribution in [2.24, 2.45) is 0 Å². The van der Waals surface area contributed by atoms with Crippen LogP contribution >= 0.6 is 11.6 Å². The Labute approximate surface area is 119 Å². The van der Waals surface area contributed by atoms with Crippen molar-refractivity contribution in [1.82, 2.24) is 4.90 Å². The molecule has 0 N–H and O–H groups in total. The molecule has 1 aliphatic rings. The van der Waals surface area contributed by atoms with E-state index in [2.05, 4.69) is 29.2 Å². The van der Waals surface area contributed by atoms with Gasteiger partial charge >= 0.3 is 0 Å². The van der Waals surface area contributed by atoms with Gasteiger partial charge in [0.2, 0.25) is 0 Å². The van der Waals surface area contributed by atoms with Crippen LogP contribution in [0.3, 0.4) is 0 Å². The molecule has 1 radical (unpaired) electrons. The predicted octanol–water partition coefficient (Wildman–Crippen LogP) is 4.40. The number of halogens is 1. The average molecular weight is 271 g/mol. The zero-order chi connectivity index (χ0) is 13.1. The number of rotatable bonds is 3. The SMILES string of the molecule is Clc1ccccc1-c1c[c]cc(CN2CCCC2)c1. The summed E-state index contributed by atoms with van der Waals surface area (Å²) in [6, 6.07) is 17.5. The number of likely N-dealkylation sites (tertiary alicyclic amines) is 1. The van der Waals surface area contributed by atoms with Gasteiger partial charge in [-0.2, -0.15) is 0 Å². The van der Waals surface area contributed by atoms with Crippen LogP contribution in [-0.2, 0) is 6.54 Å². The van der Waals surface area contributed by atoms with E-state index in [4.69, 9.17) is 11.6 Å². The molecule has 0 aromatic heterocycles. The third-order valence-corrected chi connectivity index (χ3v) is 3.97. The van der Waals surface area contributed by atoms with Gasteiger partial charge in [0.05, 0.1) is 0 Å². The first kappa shape index (κ1) is 12.7. The molecule has 0 spiro atoms. The molecule has 1 heterocycles. The molecular weight excluding hydrogens is 254 g/mol. The quantitative estimate of drug-likeness (QED) is 0.799. The van der Waals surface area contributed by atoms with E-state index in [0.717, 1.165) is 22.7 Å². The van der Waals surface area contributed by atoms with Crippen LogP contribution in [0.25, 0.3) is 11.1 Å². The van der Waals surface area contributed by atoms with Gasteiger partial charge in [0.1, 0.15) is 0 Å². The number of hydrogen-bond donors (Lipinski definition) is 0. The smallest absolute Gasteiger partial charge is 0.0484 e. The van der Waals surface area contributed by atoms with E-state index in [-0.39, 0.29) is 0 Å². The summed E-state index contributed by atoms with van der Waals surface area (Å²) in [7, 11) is 0. The van der Waals surface area contributed by atoms with E-state index in [1.165, 1.54) is 31.5 Å². The van der Waals surface area contributed by atoms with Crippen molar-refractivity contribution in [1.29, 1.82) is 0 Å². The van der Waals surface area contributed by atoms with Gasteiger partial charge in [0, 0.05) is 17.1 Å². The van der Waals surface area contributed by atoms with Crippen LogP contribution in [0.2, 0.25) is 5.02 Å². The first-order valence-electron chi connectivity index (χ1n) is 6.80. The maximum Gasteiger partial charge on any atom is 0.0484 e. The Hall–Kier alpha value is -1.31. The van der Waals surface area contributed by atoms with Crippen LogP contribution < -0.4 is 0 Å². The van der Waals surface area contributed by atoms with Crippen LogP contribution in [0.4, 0.5) is 0 Å². The van der Waals surface area contributed by atoms with Gasteiger partial charge in [-0.25, -0.2) is 0 Å². The molecule has 3 rings (SSSR count). The second-order valence-electron chi connectivity index (χ2n) is 5.09. The van der Waals surface area contributed by atoms with E-state index in [1.54, 1.807) is 0 Å². The van der Waals surface area contributed by atoms with Crippen molar-refractivity contribution in [3.63, 3.8) is 0 Å². The molecule has 2 aromatic carbocycles. The molecule has 0 aliphatic carbocycles. The summed E-state index contributed by atoms with van der Waals surface area (Å²) < 4.78 is 0. The highest BCUT2D eigenvalue weighted by molar-refractivity contribution is 6.33. The summed E-state index contributed by atoms with van der Waals surface area (Å²) in [5, 5.41) is 0.800. The number of benzene rings is 2. The van der Waals surface area contributed by atoms with Crippen molar-refractivity contribution < 1.29 is 0 Å². The Morgan fingerprint density at radius 2 is 1.89 bits per heavy atom. The molecular formula is C17H17ClN. The summed E-state index contributed by atoms with van der Waals surface area (Å²) >= 11 is 6.26. The zero-order valence-electron chi connectivity index (χ0n) is 10.9. The van der Waals surface area contributed by atoms with Crippen molar-refractivity contribution in [3.05, 3.63) is 59.1 Å². The van der Waals surface area contributed by atoms with Gasteiger partial charge < -0.3 is 0 Å². The second-order valence-corrected chi connectivity index (χ2v) is 5.50. The molecule has 2 heteroatoms. The molecule has 1 aliphatic heterocycles. The lowest BCUT2D eigenvalue weighted by Crippen LogP contribution is -2.18. The molecule has 1 fully saturated rings. The van der Waals surface area contributed by atoms with Crippen molar-refractivity contribution in [3.8, 4) is 11.1 Å². The fourth-order valence-electron chi connectivity index (χ4n) is 2.66. The molecule has 1 saturated heterocycles. The molecule has 97 valence electrons. The van der Waals surface area contributed by atoms with Crippen LogP contribution in [-0.4, -0.2) is 18.0 Å². The molecule has 0 atom stereocenters. The van der Waals surface area contributed by atoms with Gasteiger partial charge in [-0.1, -0.05) is 29.8 Å². The summed E-state index contributed by atoms with van der Waals surface area (Å²) in [5.74, 6) is 0. The topological polar surface area (TPSA) is 3.24 Å².